The highest BCUT2D eigenvalue weighted by Crippen LogP contribution is 2.45. The number of rotatable bonds is 7. The van der Waals surface area contributed by atoms with Crippen LogP contribution in [0.15, 0.2) is 113 Å². The number of hydrogen-bond acceptors (Lipinski definition) is 4. The molecule has 7 rings (SSSR count). The van der Waals surface area contributed by atoms with Crippen LogP contribution in [0.4, 0.5) is 17.6 Å². The fourth-order valence-electron chi connectivity index (χ4n) is 6.39. The Morgan fingerprint density at radius 1 is 0.773 bits per heavy atom. The molecule has 3 aromatic heterocycles. The van der Waals surface area contributed by atoms with E-state index in [0.29, 0.717) is 12.6 Å². The van der Waals surface area contributed by atoms with E-state index in [1.807, 2.05) is 6.07 Å². The van der Waals surface area contributed by atoms with Gasteiger partial charge in [-0.15, -0.1) is 0 Å². The molecule has 0 radical (unpaired) electrons. The SMILES string of the molecule is CCN1/C(=C\c2cc[n+](CC)c3ccccc23)c2c(oc(/N=c3/ccn(CC)c4ccccc34)[n+]2CC)N1c1ccccc1. The van der Waals surface area contributed by atoms with Gasteiger partial charge in [0.25, 0.3) is 5.88 Å². The van der Waals surface area contributed by atoms with Crippen molar-refractivity contribution in [2.45, 2.75) is 47.3 Å². The number of para-hydroxylation sites is 3. The second kappa shape index (κ2) is 11.5. The van der Waals surface area contributed by atoms with Gasteiger partial charge in [-0.05, 0) is 74.7 Å². The van der Waals surface area contributed by atoms with Crippen molar-refractivity contribution in [2.24, 2.45) is 4.99 Å². The number of hydrazine groups is 1. The van der Waals surface area contributed by atoms with Crippen molar-refractivity contribution in [3.8, 4) is 0 Å². The molecular formula is C37H38N6O+2. The van der Waals surface area contributed by atoms with Crippen molar-refractivity contribution < 1.29 is 13.6 Å². The molecule has 1 aliphatic rings. The molecular weight excluding hydrogens is 544 g/mol. The zero-order valence-corrected chi connectivity index (χ0v) is 25.8. The fraction of sp³-hybridized carbons (Fsp3) is 0.216. The second-order valence-electron chi connectivity index (χ2n) is 10.9. The standard InChI is InChI=1S/C37H38N6O/c1-5-39-24-22-27(29-18-12-14-20-32(29)39)26-34-35-36(43(42(34)8-4)28-16-10-9-11-17-28)44-37(41(35)7-3)38-31-23-25-40(6-2)33-21-15-13-19-30(31)33/h9-26H,5-8H2,1-4H3/q+2. The van der Waals surface area contributed by atoms with Crippen molar-refractivity contribution in [1.29, 1.82) is 0 Å². The number of anilines is 2. The number of nitrogens with zero attached hydrogens (tertiary/aromatic N) is 6. The molecule has 0 saturated heterocycles. The van der Waals surface area contributed by atoms with Gasteiger partial charge in [0.15, 0.2) is 11.6 Å². The van der Waals surface area contributed by atoms with E-state index in [1.54, 1.807) is 0 Å². The zero-order chi connectivity index (χ0) is 30.2. The molecule has 7 heteroatoms. The van der Waals surface area contributed by atoms with Crippen LogP contribution >= 0.6 is 0 Å². The maximum atomic E-state index is 6.78. The smallest absolute Gasteiger partial charge is 0.365 e. The second-order valence-corrected chi connectivity index (χ2v) is 10.9. The molecule has 6 aromatic rings. The first kappa shape index (κ1) is 27.7. The van der Waals surface area contributed by atoms with Crippen LogP contribution in [0.3, 0.4) is 0 Å². The number of oxazole rings is 1. The number of benzene rings is 3. The summed E-state index contributed by atoms with van der Waals surface area (Å²) < 4.78 is 13.5. The van der Waals surface area contributed by atoms with E-state index in [2.05, 4.69) is 155 Å². The Bertz CT molecular complexity index is 2090. The van der Waals surface area contributed by atoms with Gasteiger partial charge in [0.2, 0.25) is 11.2 Å². The van der Waals surface area contributed by atoms with Crippen LogP contribution in [0, 0.1) is 0 Å². The van der Waals surface area contributed by atoms with Gasteiger partial charge in [0, 0.05) is 42.9 Å². The topological polar surface area (TPSA) is 44.7 Å². The number of aryl methyl sites for hydroxylation is 2. The zero-order valence-electron chi connectivity index (χ0n) is 25.8. The lowest BCUT2D eigenvalue weighted by atomic mass is 10.1. The molecule has 0 aliphatic carbocycles. The van der Waals surface area contributed by atoms with Crippen LogP contribution in [-0.4, -0.2) is 16.1 Å². The van der Waals surface area contributed by atoms with Gasteiger partial charge in [-0.1, -0.05) is 42.5 Å². The molecule has 0 fully saturated rings. The summed E-state index contributed by atoms with van der Waals surface area (Å²) in [5, 5.41) is 7.70. The summed E-state index contributed by atoms with van der Waals surface area (Å²) >= 11 is 0. The number of hydrogen-bond donors (Lipinski definition) is 0. The predicted octanol–water partition coefficient (Wildman–Crippen LogP) is 7.14. The van der Waals surface area contributed by atoms with Crippen LogP contribution in [0.25, 0.3) is 33.6 Å². The Kier molecular flexibility index (Phi) is 7.22. The predicted molar refractivity (Wildman–Crippen MR) is 176 cm³/mol. The average molecular weight is 583 g/mol. The Morgan fingerprint density at radius 3 is 2.27 bits per heavy atom. The summed E-state index contributed by atoms with van der Waals surface area (Å²) in [4.78, 5) is 5.18. The summed E-state index contributed by atoms with van der Waals surface area (Å²) in [5.74, 6) is 0.776. The van der Waals surface area contributed by atoms with Crippen molar-refractivity contribution >= 4 is 51.2 Å². The van der Waals surface area contributed by atoms with Gasteiger partial charge in [0.1, 0.15) is 12.2 Å². The Labute approximate surface area is 257 Å². The normalized spacial score (nSPS) is 14.4. The fourth-order valence-corrected chi connectivity index (χ4v) is 6.39. The van der Waals surface area contributed by atoms with Crippen molar-refractivity contribution in [3.63, 3.8) is 0 Å². The Hall–Kier alpha value is -5.17. The molecule has 7 nitrogen and oxygen atoms in total. The minimum Gasteiger partial charge on any atom is -0.365 e. The highest BCUT2D eigenvalue weighted by molar-refractivity contribution is 5.95. The average Bonchev–Trinajstić information content (AvgIpc) is 3.58. The molecule has 0 bridgehead atoms. The van der Waals surface area contributed by atoms with Crippen LogP contribution in [-0.2, 0) is 19.6 Å². The molecule has 0 saturated carbocycles. The first-order valence-corrected chi connectivity index (χ1v) is 15.6. The van der Waals surface area contributed by atoms with Gasteiger partial charge in [-0.3, -0.25) is 5.01 Å². The van der Waals surface area contributed by atoms with Gasteiger partial charge >= 0.3 is 6.01 Å². The highest BCUT2D eigenvalue weighted by atomic mass is 16.4. The minimum absolute atomic E-state index is 0.584. The number of fused-ring (bicyclic) bond motifs is 3. The van der Waals surface area contributed by atoms with Crippen molar-refractivity contribution in [3.05, 3.63) is 120 Å². The summed E-state index contributed by atoms with van der Waals surface area (Å²) in [5.41, 5.74) is 6.69. The highest BCUT2D eigenvalue weighted by Gasteiger charge is 2.43. The van der Waals surface area contributed by atoms with E-state index in [-0.39, 0.29) is 0 Å². The molecule has 0 N–H and O–H groups in total. The maximum Gasteiger partial charge on any atom is 0.506 e. The molecule has 220 valence electrons. The molecule has 0 amide bonds. The molecule has 1 aliphatic heterocycles. The van der Waals surface area contributed by atoms with Gasteiger partial charge in [-0.2, -0.15) is 9.13 Å². The lowest BCUT2D eigenvalue weighted by molar-refractivity contribution is -0.684. The molecule has 44 heavy (non-hydrogen) atoms. The van der Waals surface area contributed by atoms with Crippen molar-refractivity contribution in [2.75, 3.05) is 11.6 Å². The maximum absolute atomic E-state index is 6.78. The minimum atomic E-state index is 0.584. The van der Waals surface area contributed by atoms with Crippen LogP contribution in [0.5, 0.6) is 0 Å². The first-order chi connectivity index (χ1) is 21.7. The quantitative estimate of drug-likeness (QED) is 0.188. The number of aromatic nitrogens is 3. The molecule has 0 unspecified atom stereocenters. The summed E-state index contributed by atoms with van der Waals surface area (Å²) in [6, 6.07) is 32.4. The summed E-state index contributed by atoms with van der Waals surface area (Å²) in [6.07, 6.45) is 6.60. The van der Waals surface area contributed by atoms with Gasteiger partial charge < -0.3 is 8.98 Å². The largest absolute Gasteiger partial charge is 0.506 e. The van der Waals surface area contributed by atoms with Crippen LogP contribution < -0.4 is 19.5 Å². The Balaban J connectivity index is 1.49. The summed E-state index contributed by atoms with van der Waals surface area (Å²) in [6.45, 7) is 12.0. The Morgan fingerprint density at radius 2 is 1.52 bits per heavy atom. The van der Waals surface area contributed by atoms with Crippen LogP contribution in [0.1, 0.15) is 39.0 Å². The molecule has 3 aromatic carbocycles. The van der Waals surface area contributed by atoms with Crippen LogP contribution in [0.2, 0.25) is 0 Å². The lowest BCUT2D eigenvalue weighted by Crippen LogP contribution is -2.37. The van der Waals surface area contributed by atoms with E-state index >= 15 is 0 Å². The van der Waals surface area contributed by atoms with Crippen molar-refractivity contribution in [1.82, 2.24) is 9.58 Å². The van der Waals surface area contributed by atoms with Gasteiger partial charge in [-0.25, -0.2) is 5.01 Å². The molecule has 0 spiro atoms. The molecule has 4 heterocycles. The van der Waals surface area contributed by atoms with E-state index < -0.39 is 0 Å². The lowest BCUT2D eigenvalue weighted by Gasteiger charge is -2.29. The number of pyridine rings is 2. The monoisotopic (exact) mass is 582 g/mol. The molecule has 0 atom stereocenters. The van der Waals surface area contributed by atoms with E-state index in [1.165, 1.54) is 16.5 Å². The summed E-state index contributed by atoms with van der Waals surface area (Å²) in [7, 11) is 0. The van der Waals surface area contributed by atoms with E-state index in [9.17, 15) is 0 Å². The third kappa shape index (κ3) is 4.47. The third-order valence-corrected chi connectivity index (χ3v) is 8.51. The third-order valence-electron chi connectivity index (χ3n) is 8.51. The first-order valence-electron chi connectivity index (χ1n) is 15.6. The van der Waals surface area contributed by atoms with E-state index in [4.69, 9.17) is 9.41 Å². The van der Waals surface area contributed by atoms with E-state index in [0.717, 1.165) is 58.9 Å². The van der Waals surface area contributed by atoms with Gasteiger partial charge in [0.05, 0.1) is 23.1 Å².